The number of carbonyl (C=O) groups excluding carboxylic acids is 1. The molecule has 0 aliphatic heterocycles. The molecule has 0 aliphatic carbocycles. The quantitative estimate of drug-likeness (QED) is 0.567. The lowest BCUT2D eigenvalue weighted by atomic mass is 10.2. The molecule has 0 radical (unpaired) electrons. The average Bonchev–Trinajstić information content (AvgIpc) is 3.12. The van der Waals surface area contributed by atoms with Gasteiger partial charge in [-0.15, -0.1) is 5.10 Å². The van der Waals surface area contributed by atoms with E-state index in [4.69, 9.17) is 4.74 Å². The van der Waals surface area contributed by atoms with Gasteiger partial charge in [-0.05, 0) is 60.7 Å². The minimum absolute atomic E-state index is 0.157. The second-order valence-electron chi connectivity index (χ2n) is 6.02. The first-order chi connectivity index (χ1) is 12.6. The second kappa shape index (κ2) is 6.40. The number of nitrogens with one attached hydrogen (secondary N) is 1. The van der Waals surface area contributed by atoms with Crippen molar-refractivity contribution in [3.63, 3.8) is 0 Å². The van der Waals surface area contributed by atoms with Gasteiger partial charge >= 0.3 is 5.97 Å². The summed E-state index contributed by atoms with van der Waals surface area (Å²) < 4.78 is 6.83. The lowest BCUT2D eigenvalue weighted by Gasteiger charge is -2.10. The Hall–Kier alpha value is -3.55. The molecule has 0 saturated carbocycles. The first-order valence-corrected chi connectivity index (χ1v) is 8.17. The fourth-order valence-corrected chi connectivity index (χ4v) is 2.60. The minimum Gasteiger partial charge on any atom is -0.459 e. The second-order valence-corrected chi connectivity index (χ2v) is 6.02. The minimum atomic E-state index is -0.348. The molecule has 0 saturated heterocycles. The summed E-state index contributed by atoms with van der Waals surface area (Å²) in [4.78, 5) is 16.5. The van der Waals surface area contributed by atoms with Crippen LogP contribution < -0.4 is 5.32 Å². The van der Waals surface area contributed by atoms with Crippen molar-refractivity contribution in [3.05, 3.63) is 54.1 Å². The summed E-state index contributed by atoms with van der Waals surface area (Å²) in [5.41, 5.74) is 3.37. The Morgan fingerprint density at radius 3 is 2.65 bits per heavy atom. The highest BCUT2D eigenvalue weighted by Gasteiger charge is 2.13. The van der Waals surface area contributed by atoms with Gasteiger partial charge < -0.3 is 10.1 Å². The van der Waals surface area contributed by atoms with Crippen LogP contribution in [0.25, 0.3) is 16.7 Å². The van der Waals surface area contributed by atoms with Crippen LogP contribution in [0.1, 0.15) is 24.2 Å². The zero-order chi connectivity index (χ0) is 18.1. The molecular formula is C18H16N6O2. The molecule has 0 aliphatic rings. The summed E-state index contributed by atoms with van der Waals surface area (Å²) in [7, 11) is 0. The molecule has 0 bridgehead atoms. The predicted octanol–water partition coefficient (Wildman–Crippen LogP) is 2.98. The molecule has 8 heteroatoms. The van der Waals surface area contributed by atoms with Gasteiger partial charge in [-0.2, -0.15) is 4.52 Å². The van der Waals surface area contributed by atoms with Gasteiger partial charge in [0.1, 0.15) is 0 Å². The molecule has 8 nitrogen and oxygen atoms in total. The molecule has 0 spiro atoms. The van der Waals surface area contributed by atoms with Crippen molar-refractivity contribution >= 4 is 34.2 Å². The van der Waals surface area contributed by atoms with E-state index >= 15 is 0 Å². The number of fused-ring (bicyclic) bond motifs is 3. The number of hydrogen-bond acceptors (Lipinski definition) is 7. The van der Waals surface area contributed by atoms with Gasteiger partial charge in [0.15, 0.2) is 5.82 Å². The average molecular weight is 348 g/mol. The summed E-state index contributed by atoms with van der Waals surface area (Å²) >= 11 is 0. The maximum Gasteiger partial charge on any atom is 0.338 e. The normalized spacial score (nSPS) is 11.2. The molecule has 2 heterocycles. The topological polar surface area (TPSA) is 94.3 Å². The molecular weight excluding hydrogens is 332 g/mol. The highest BCUT2D eigenvalue weighted by Crippen LogP contribution is 2.22. The predicted molar refractivity (Wildman–Crippen MR) is 96.4 cm³/mol. The Labute approximate surface area is 148 Å². The van der Waals surface area contributed by atoms with Crippen molar-refractivity contribution in [1.82, 2.24) is 25.0 Å². The van der Waals surface area contributed by atoms with E-state index in [1.807, 2.05) is 38.1 Å². The van der Waals surface area contributed by atoms with Crippen molar-refractivity contribution in [2.45, 2.75) is 20.0 Å². The van der Waals surface area contributed by atoms with Crippen LogP contribution in [0.4, 0.5) is 11.5 Å². The maximum absolute atomic E-state index is 11.9. The van der Waals surface area contributed by atoms with Gasteiger partial charge in [0.2, 0.25) is 5.65 Å². The third kappa shape index (κ3) is 2.92. The van der Waals surface area contributed by atoms with E-state index in [9.17, 15) is 4.79 Å². The lowest BCUT2D eigenvalue weighted by molar-refractivity contribution is 0.0378. The third-order valence-electron chi connectivity index (χ3n) is 3.75. The smallest absolute Gasteiger partial charge is 0.338 e. The number of ether oxygens (including phenoxy) is 1. The van der Waals surface area contributed by atoms with Crippen molar-refractivity contribution in [3.8, 4) is 0 Å². The van der Waals surface area contributed by atoms with Gasteiger partial charge in [-0.1, -0.05) is 12.1 Å². The van der Waals surface area contributed by atoms with Crippen LogP contribution in [0.15, 0.2) is 48.5 Å². The molecule has 0 atom stereocenters. The van der Waals surface area contributed by atoms with Crippen molar-refractivity contribution in [2.24, 2.45) is 0 Å². The van der Waals surface area contributed by atoms with Crippen LogP contribution >= 0.6 is 0 Å². The zero-order valence-electron chi connectivity index (χ0n) is 14.2. The molecule has 2 aromatic carbocycles. The highest BCUT2D eigenvalue weighted by atomic mass is 16.5. The molecule has 0 fully saturated rings. The number of nitrogens with zero attached hydrogens (tertiary/aromatic N) is 5. The van der Waals surface area contributed by atoms with Crippen molar-refractivity contribution in [1.29, 1.82) is 0 Å². The standard InChI is InChI=1S/C18H16N6O2/c1-11(2)26-18(25)12-7-9-13(10-8-12)19-16-17-21-22-23-24(17)15-6-4-3-5-14(15)20-16/h3-11H,1-2H3,(H,19,20). The first kappa shape index (κ1) is 15.9. The Bertz CT molecular complexity index is 1090. The summed E-state index contributed by atoms with van der Waals surface area (Å²) in [6.45, 7) is 3.63. The molecule has 1 N–H and O–H groups in total. The summed E-state index contributed by atoms with van der Waals surface area (Å²) in [6, 6.07) is 14.6. The molecule has 26 heavy (non-hydrogen) atoms. The Balaban J connectivity index is 1.66. The fourth-order valence-electron chi connectivity index (χ4n) is 2.60. The molecule has 0 amide bonds. The molecule has 130 valence electrons. The van der Waals surface area contributed by atoms with E-state index in [2.05, 4.69) is 25.8 Å². The van der Waals surface area contributed by atoms with Crippen LogP contribution in [0.5, 0.6) is 0 Å². The van der Waals surface area contributed by atoms with Crippen LogP contribution in [-0.2, 0) is 4.74 Å². The van der Waals surface area contributed by atoms with Crippen LogP contribution in [0.2, 0.25) is 0 Å². The van der Waals surface area contributed by atoms with Gasteiger partial charge in [-0.25, -0.2) is 9.78 Å². The molecule has 4 rings (SSSR count). The van der Waals surface area contributed by atoms with E-state index in [-0.39, 0.29) is 12.1 Å². The van der Waals surface area contributed by atoms with Gasteiger partial charge in [0, 0.05) is 5.69 Å². The largest absolute Gasteiger partial charge is 0.459 e. The Morgan fingerprint density at radius 2 is 1.88 bits per heavy atom. The van der Waals surface area contributed by atoms with Crippen LogP contribution in [0, 0.1) is 0 Å². The van der Waals surface area contributed by atoms with E-state index < -0.39 is 0 Å². The number of rotatable bonds is 4. The number of esters is 1. The summed E-state index contributed by atoms with van der Waals surface area (Å²) in [6.07, 6.45) is -0.157. The van der Waals surface area contributed by atoms with E-state index in [1.165, 1.54) is 0 Å². The van der Waals surface area contributed by atoms with Crippen molar-refractivity contribution < 1.29 is 9.53 Å². The maximum atomic E-state index is 11.9. The summed E-state index contributed by atoms with van der Waals surface area (Å²) in [5, 5.41) is 15.0. The first-order valence-electron chi connectivity index (χ1n) is 8.17. The van der Waals surface area contributed by atoms with Gasteiger partial charge in [0.05, 0.1) is 22.7 Å². The SMILES string of the molecule is CC(C)OC(=O)c1ccc(Nc2nc3ccccc3n3nnnc23)cc1. The van der Waals surface area contributed by atoms with Crippen molar-refractivity contribution in [2.75, 3.05) is 5.32 Å². The highest BCUT2D eigenvalue weighted by molar-refractivity contribution is 5.90. The van der Waals surface area contributed by atoms with E-state index in [0.717, 1.165) is 16.7 Å². The van der Waals surface area contributed by atoms with Crippen LogP contribution in [0.3, 0.4) is 0 Å². The molecule has 4 aromatic rings. The zero-order valence-corrected chi connectivity index (χ0v) is 14.2. The fraction of sp³-hybridized carbons (Fsp3) is 0.167. The van der Waals surface area contributed by atoms with Crippen LogP contribution in [-0.4, -0.2) is 37.1 Å². The number of para-hydroxylation sites is 2. The monoisotopic (exact) mass is 348 g/mol. The molecule has 2 aromatic heterocycles. The number of benzene rings is 2. The number of tetrazole rings is 1. The number of hydrogen-bond donors (Lipinski definition) is 1. The Kier molecular flexibility index (Phi) is 3.92. The van der Waals surface area contributed by atoms with E-state index in [1.54, 1.807) is 28.8 Å². The number of anilines is 2. The van der Waals surface area contributed by atoms with E-state index in [0.29, 0.717) is 17.0 Å². The lowest BCUT2D eigenvalue weighted by Crippen LogP contribution is -2.11. The van der Waals surface area contributed by atoms with Gasteiger partial charge in [0.25, 0.3) is 0 Å². The number of aromatic nitrogens is 5. The molecule has 0 unspecified atom stereocenters. The Morgan fingerprint density at radius 1 is 1.12 bits per heavy atom. The summed E-state index contributed by atoms with van der Waals surface area (Å²) in [5.74, 6) is 0.186. The van der Waals surface area contributed by atoms with Gasteiger partial charge in [-0.3, -0.25) is 0 Å². The number of carbonyl (C=O) groups is 1. The third-order valence-corrected chi connectivity index (χ3v) is 3.75.